The average Bonchev–Trinajstić information content (AvgIpc) is 2.30. The third-order valence-corrected chi connectivity index (χ3v) is 5.08. The van der Waals surface area contributed by atoms with Crippen LogP contribution in [-0.2, 0) is 9.05 Å². The van der Waals surface area contributed by atoms with Crippen molar-refractivity contribution >= 4 is 50.8 Å². The van der Waals surface area contributed by atoms with Crippen LogP contribution in [0.4, 0.5) is 0 Å². The van der Waals surface area contributed by atoms with Crippen LogP contribution in [0.15, 0.2) is 24.3 Å². The van der Waals surface area contributed by atoms with Crippen LogP contribution in [0.5, 0.6) is 0 Å². The van der Waals surface area contributed by atoms with Crippen molar-refractivity contribution in [2.24, 2.45) is 0 Å². The summed E-state index contributed by atoms with van der Waals surface area (Å²) in [5.74, 6) is 0.294. The van der Waals surface area contributed by atoms with Gasteiger partial charge in [0, 0.05) is 5.92 Å². The molecule has 0 amide bonds. The highest BCUT2D eigenvalue weighted by Crippen LogP contribution is 2.55. The maximum Gasteiger partial charge on any atom is 0.0639 e. The number of hydrogen-bond acceptors (Lipinski definition) is 2. The van der Waals surface area contributed by atoms with E-state index in [4.69, 9.17) is 9.05 Å². The van der Waals surface area contributed by atoms with E-state index in [9.17, 15) is 0 Å². The van der Waals surface area contributed by atoms with Crippen LogP contribution in [-0.4, -0.2) is 13.2 Å². The zero-order chi connectivity index (χ0) is 13.5. The first kappa shape index (κ1) is 17.8. The number of rotatable bonds is 7. The highest BCUT2D eigenvalue weighted by Gasteiger charge is 2.14. The van der Waals surface area contributed by atoms with Gasteiger partial charge in [-0.3, -0.25) is 0 Å². The lowest BCUT2D eigenvalue weighted by molar-refractivity contribution is 0.255. The summed E-state index contributed by atoms with van der Waals surface area (Å²) in [6, 6.07) is 8.59. The predicted octanol–water partition coefficient (Wildman–Crippen LogP) is 5.07. The van der Waals surface area contributed by atoms with Gasteiger partial charge in [0.2, 0.25) is 0 Å². The highest BCUT2D eigenvalue weighted by atomic mass is 32.4. The van der Waals surface area contributed by atoms with E-state index in [0.717, 1.165) is 0 Å². The molecule has 0 aromatic heterocycles. The Bertz CT molecular complexity index is 331. The SMILES string of the molecule is Cc1ccc(C(COP(P)P)COP(P)P)cc1. The molecule has 2 nitrogen and oxygen atoms in total. The van der Waals surface area contributed by atoms with Crippen molar-refractivity contribution in [3.05, 3.63) is 35.4 Å². The summed E-state index contributed by atoms with van der Waals surface area (Å²) in [7, 11) is 9.77. The van der Waals surface area contributed by atoms with E-state index < -0.39 is 15.1 Å². The molecule has 0 aliphatic carbocycles. The molecule has 0 saturated carbocycles. The summed E-state index contributed by atoms with van der Waals surface area (Å²) in [5, 5.41) is 0. The Labute approximate surface area is 121 Å². The van der Waals surface area contributed by atoms with Crippen LogP contribution in [0.25, 0.3) is 0 Å². The molecule has 102 valence electrons. The minimum absolute atomic E-state index is 0.294. The maximum atomic E-state index is 5.73. The summed E-state index contributed by atoms with van der Waals surface area (Å²) < 4.78 is 11.5. The first-order valence-corrected chi connectivity index (χ1v) is 14.4. The normalized spacial score (nSPS) is 11.8. The zero-order valence-corrected chi connectivity index (χ0v) is 16.7. The Hall–Kier alpha value is 1.72. The fourth-order valence-corrected chi connectivity index (χ4v) is 3.17. The molecule has 0 fully saturated rings. The molecule has 0 spiro atoms. The lowest BCUT2D eigenvalue weighted by Crippen LogP contribution is -2.11. The van der Waals surface area contributed by atoms with Crippen LogP contribution >= 0.6 is 50.8 Å². The average molecular weight is 358 g/mol. The molecule has 1 aromatic rings. The molecule has 18 heavy (non-hydrogen) atoms. The topological polar surface area (TPSA) is 18.5 Å². The van der Waals surface area contributed by atoms with Crippen LogP contribution < -0.4 is 0 Å². The van der Waals surface area contributed by atoms with Crippen molar-refractivity contribution in [1.82, 2.24) is 0 Å². The number of aryl methyl sites for hydroxylation is 1. The van der Waals surface area contributed by atoms with E-state index >= 15 is 0 Å². The molecule has 4 atom stereocenters. The smallest absolute Gasteiger partial charge is 0.0639 e. The third kappa shape index (κ3) is 7.49. The second-order valence-electron chi connectivity index (χ2n) is 3.92. The minimum atomic E-state index is -0.483. The van der Waals surface area contributed by atoms with Gasteiger partial charge in [-0.25, -0.2) is 0 Å². The predicted molar refractivity (Wildman–Crippen MR) is 98.5 cm³/mol. The molecule has 0 radical (unpaired) electrons. The molecule has 4 unspecified atom stereocenters. The van der Waals surface area contributed by atoms with Gasteiger partial charge in [-0.15, -0.1) is 0 Å². The third-order valence-electron chi connectivity index (χ3n) is 2.40. The fourth-order valence-electron chi connectivity index (χ4n) is 1.43. The van der Waals surface area contributed by atoms with E-state index in [0.29, 0.717) is 19.1 Å². The zero-order valence-electron chi connectivity index (χ0n) is 10.3. The van der Waals surface area contributed by atoms with Crippen molar-refractivity contribution in [3.63, 3.8) is 0 Å². The summed E-state index contributed by atoms with van der Waals surface area (Å²) in [6.45, 7) is 3.49. The summed E-state index contributed by atoms with van der Waals surface area (Å²) >= 11 is 0. The van der Waals surface area contributed by atoms with Crippen molar-refractivity contribution in [3.8, 4) is 0 Å². The Morgan fingerprint density at radius 1 is 0.944 bits per heavy atom. The second-order valence-corrected chi connectivity index (χ2v) is 15.6. The molecule has 0 saturated heterocycles. The maximum absolute atomic E-state index is 5.73. The highest BCUT2D eigenvalue weighted by molar-refractivity contribution is 8.41. The molecule has 1 aromatic carbocycles. The largest absolute Gasteiger partial charge is 0.351 e. The van der Waals surface area contributed by atoms with Crippen molar-refractivity contribution in [2.75, 3.05) is 13.2 Å². The number of hydrogen-bond donors (Lipinski definition) is 0. The summed E-state index contributed by atoms with van der Waals surface area (Å²) in [4.78, 5) is 0. The first-order valence-electron chi connectivity index (χ1n) is 5.40. The van der Waals surface area contributed by atoms with Gasteiger partial charge in [-0.1, -0.05) is 65.5 Å². The van der Waals surface area contributed by atoms with E-state index in [1.165, 1.54) is 11.1 Å². The monoisotopic (exact) mass is 358 g/mol. The molecule has 1 rings (SSSR count). The van der Waals surface area contributed by atoms with Crippen LogP contribution in [0.3, 0.4) is 0 Å². The van der Waals surface area contributed by atoms with Crippen molar-refractivity contribution < 1.29 is 9.05 Å². The van der Waals surface area contributed by atoms with Gasteiger partial charge in [0.15, 0.2) is 0 Å². The van der Waals surface area contributed by atoms with Crippen LogP contribution in [0.2, 0.25) is 0 Å². The lowest BCUT2D eigenvalue weighted by Gasteiger charge is -2.20. The molecular weight excluding hydrogens is 338 g/mol. The van der Waals surface area contributed by atoms with E-state index in [2.05, 4.69) is 66.9 Å². The molecule has 0 aliphatic rings. The summed E-state index contributed by atoms with van der Waals surface area (Å²) in [6.07, 6.45) is 0. The fraction of sp³-hybridized carbons (Fsp3) is 0.400. The van der Waals surface area contributed by atoms with Crippen LogP contribution in [0.1, 0.15) is 17.0 Å². The van der Waals surface area contributed by atoms with Crippen molar-refractivity contribution in [1.29, 1.82) is 0 Å². The molecule has 0 N–H and O–H groups in total. The second kappa shape index (κ2) is 9.62. The Balaban J connectivity index is 2.66. The molecule has 0 bridgehead atoms. The van der Waals surface area contributed by atoms with Gasteiger partial charge >= 0.3 is 0 Å². The van der Waals surface area contributed by atoms with Gasteiger partial charge in [-0.05, 0) is 12.5 Å². The van der Waals surface area contributed by atoms with Crippen molar-refractivity contribution in [2.45, 2.75) is 12.8 Å². The Morgan fingerprint density at radius 2 is 1.39 bits per heavy atom. The molecular formula is C10H20O2P6. The van der Waals surface area contributed by atoms with Gasteiger partial charge in [0.1, 0.15) is 0 Å². The standard InChI is InChI=1S/C10H20O2P6/c1-8-2-4-9(5-3-8)10(6-11-17(13)14)7-12-18(15)16/h2-5,10H,6-7,13-16H2,1H3. The first-order chi connectivity index (χ1) is 8.49. The molecule has 8 heteroatoms. The van der Waals surface area contributed by atoms with Gasteiger partial charge in [0.05, 0.1) is 28.3 Å². The quantitative estimate of drug-likeness (QED) is 0.634. The lowest BCUT2D eigenvalue weighted by atomic mass is 10.00. The van der Waals surface area contributed by atoms with Gasteiger partial charge in [-0.2, -0.15) is 0 Å². The summed E-state index contributed by atoms with van der Waals surface area (Å²) in [5.41, 5.74) is 2.55. The molecule has 0 aliphatic heterocycles. The van der Waals surface area contributed by atoms with Gasteiger partial charge < -0.3 is 9.05 Å². The van der Waals surface area contributed by atoms with E-state index in [-0.39, 0.29) is 0 Å². The number of benzene rings is 1. The Morgan fingerprint density at radius 3 is 1.78 bits per heavy atom. The van der Waals surface area contributed by atoms with E-state index in [1.54, 1.807) is 0 Å². The Kier molecular flexibility index (Phi) is 9.50. The van der Waals surface area contributed by atoms with Gasteiger partial charge in [0.25, 0.3) is 0 Å². The minimum Gasteiger partial charge on any atom is -0.351 e. The van der Waals surface area contributed by atoms with Crippen LogP contribution in [0, 0.1) is 6.92 Å². The van der Waals surface area contributed by atoms with E-state index in [1.807, 2.05) is 0 Å². The molecule has 0 heterocycles.